The monoisotopic (exact) mass is 296 g/mol. The molecule has 0 aliphatic heterocycles. The van der Waals surface area contributed by atoms with E-state index in [4.69, 9.17) is 17.3 Å². The van der Waals surface area contributed by atoms with E-state index in [1.165, 1.54) is 24.3 Å². The normalized spacial score (nSPS) is 11.9. The molecule has 0 saturated heterocycles. The van der Waals surface area contributed by atoms with Crippen LogP contribution in [0.3, 0.4) is 0 Å². The van der Waals surface area contributed by atoms with Crippen molar-refractivity contribution in [2.75, 3.05) is 5.32 Å². The summed E-state index contributed by atoms with van der Waals surface area (Å²) in [6, 6.07) is 8.33. The molecule has 2 rings (SSSR count). The van der Waals surface area contributed by atoms with Crippen molar-refractivity contribution in [2.24, 2.45) is 5.73 Å². The van der Waals surface area contributed by atoms with Crippen LogP contribution in [0.4, 0.5) is 14.5 Å². The van der Waals surface area contributed by atoms with Gasteiger partial charge in [0.05, 0.1) is 5.69 Å². The molecule has 1 amide bonds. The second-order valence-corrected chi connectivity index (χ2v) is 4.60. The molecule has 0 radical (unpaired) electrons. The van der Waals surface area contributed by atoms with Crippen molar-refractivity contribution >= 4 is 23.2 Å². The molecule has 0 fully saturated rings. The summed E-state index contributed by atoms with van der Waals surface area (Å²) < 4.78 is 26.9. The number of anilines is 1. The van der Waals surface area contributed by atoms with Crippen LogP contribution in [0.2, 0.25) is 5.02 Å². The average molecular weight is 297 g/mol. The number of hydrogen-bond acceptors (Lipinski definition) is 2. The fraction of sp³-hybridized carbons (Fsp3) is 0.0714. The zero-order valence-corrected chi connectivity index (χ0v) is 11.0. The molecule has 6 heteroatoms. The number of halogens is 3. The molecule has 1 unspecified atom stereocenters. The van der Waals surface area contributed by atoms with Crippen LogP contribution in [0.15, 0.2) is 42.5 Å². The van der Waals surface area contributed by atoms with E-state index in [1.807, 2.05) is 0 Å². The molecule has 2 aromatic carbocycles. The molecule has 2 aromatic rings. The van der Waals surface area contributed by atoms with Crippen LogP contribution in [0.5, 0.6) is 0 Å². The standard InChI is InChI=1S/C14H11ClF2N2O/c15-9-5-8(6-10(16)7-9)13(14(18)20)19-12-4-2-1-3-11(12)17/h1-7,13,19H,(H2,18,20). The van der Waals surface area contributed by atoms with Crippen LogP contribution in [-0.4, -0.2) is 5.91 Å². The van der Waals surface area contributed by atoms with Gasteiger partial charge in [-0.1, -0.05) is 23.7 Å². The highest BCUT2D eigenvalue weighted by Crippen LogP contribution is 2.24. The lowest BCUT2D eigenvalue weighted by molar-refractivity contribution is -0.118. The van der Waals surface area contributed by atoms with E-state index in [0.717, 1.165) is 12.1 Å². The van der Waals surface area contributed by atoms with E-state index in [9.17, 15) is 13.6 Å². The van der Waals surface area contributed by atoms with E-state index >= 15 is 0 Å². The summed E-state index contributed by atoms with van der Waals surface area (Å²) in [5.41, 5.74) is 5.60. The molecule has 0 aromatic heterocycles. The number of carbonyl (C=O) groups excluding carboxylic acids is 1. The Kier molecular flexibility index (Phi) is 4.20. The zero-order chi connectivity index (χ0) is 14.7. The number of para-hydroxylation sites is 1. The molecule has 3 nitrogen and oxygen atoms in total. The van der Waals surface area contributed by atoms with Crippen molar-refractivity contribution in [3.63, 3.8) is 0 Å². The number of benzene rings is 2. The highest BCUT2D eigenvalue weighted by Gasteiger charge is 2.20. The first-order valence-corrected chi connectivity index (χ1v) is 6.11. The first-order valence-electron chi connectivity index (χ1n) is 5.74. The Morgan fingerprint density at radius 3 is 2.50 bits per heavy atom. The van der Waals surface area contributed by atoms with Gasteiger partial charge in [-0.15, -0.1) is 0 Å². The maximum atomic E-state index is 13.6. The van der Waals surface area contributed by atoms with Gasteiger partial charge in [-0.2, -0.15) is 0 Å². The Labute approximate surface area is 119 Å². The minimum atomic E-state index is -1.08. The first kappa shape index (κ1) is 14.3. The Morgan fingerprint density at radius 2 is 1.90 bits per heavy atom. The Balaban J connectivity index is 2.37. The fourth-order valence-corrected chi connectivity index (χ4v) is 2.02. The molecule has 0 bridgehead atoms. The lowest BCUT2D eigenvalue weighted by atomic mass is 10.1. The molecule has 0 saturated carbocycles. The van der Waals surface area contributed by atoms with Gasteiger partial charge in [0.25, 0.3) is 0 Å². The fourth-order valence-electron chi connectivity index (χ4n) is 1.79. The molecule has 20 heavy (non-hydrogen) atoms. The van der Waals surface area contributed by atoms with Crippen molar-refractivity contribution in [3.8, 4) is 0 Å². The number of primary amides is 1. The van der Waals surface area contributed by atoms with E-state index < -0.39 is 23.6 Å². The van der Waals surface area contributed by atoms with Crippen LogP contribution in [0, 0.1) is 11.6 Å². The Hall–Kier alpha value is -2.14. The molecule has 1 atom stereocenters. The first-order chi connectivity index (χ1) is 9.47. The summed E-state index contributed by atoms with van der Waals surface area (Å²) in [5.74, 6) is -1.91. The molecule has 0 spiro atoms. The summed E-state index contributed by atoms with van der Waals surface area (Å²) >= 11 is 5.74. The van der Waals surface area contributed by atoms with Gasteiger partial charge < -0.3 is 11.1 Å². The van der Waals surface area contributed by atoms with Crippen molar-refractivity contribution in [1.82, 2.24) is 0 Å². The van der Waals surface area contributed by atoms with E-state index in [0.29, 0.717) is 0 Å². The topological polar surface area (TPSA) is 55.1 Å². The quantitative estimate of drug-likeness (QED) is 0.910. The molecule has 0 aliphatic carbocycles. The van der Waals surface area contributed by atoms with Gasteiger partial charge >= 0.3 is 0 Å². The number of amides is 1. The van der Waals surface area contributed by atoms with Crippen molar-refractivity contribution in [2.45, 2.75) is 6.04 Å². The number of nitrogens with two attached hydrogens (primary N) is 1. The van der Waals surface area contributed by atoms with Gasteiger partial charge in [0, 0.05) is 5.02 Å². The third-order valence-electron chi connectivity index (χ3n) is 2.68. The van der Waals surface area contributed by atoms with Gasteiger partial charge in [0.2, 0.25) is 5.91 Å². The molecule has 104 valence electrons. The van der Waals surface area contributed by atoms with E-state index in [1.54, 1.807) is 6.07 Å². The highest BCUT2D eigenvalue weighted by molar-refractivity contribution is 6.30. The van der Waals surface area contributed by atoms with Crippen LogP contribution in [0.1, 0.15) is 11.6 Å². The number of carbonyl (C=O) groups is 1. The Bertz CT molecular complexity index is 629. The Morgan fingerprint density at radius 1 is 1.20 bits per heavy atom. The minimum Gasteiger partial charge on any atom is -0.368 e. The third-order valence-corrected chi connectivity index (χ3v) is 2.89. The minimum absolute atomic E-state index is 0.0942. The lowest BCUT2D eigenvalue weighted by Gasteiger charge is -2.18. The van der Waals surface area contributed by atoms with Gasteiger partial charge in [0.15, 0.2) is 0 Å². The summed E-state index contributed by atoms with van der Waals surface area (Å²) in [6.45, 7) is 0. The van der Waals surface area contributed by atoms with Crippen molar-refractivity contribution < 1.29 is 13.6 Å². The summed E-state index contributed by atoms with van der Waals surface area (Å²) in [6.07, 6.45) is 0. The maximum Gasteiger partial charge on any atom is 0.244 e. The van der Waals surface area contributed by atoms with Crippen LogP contribution in [0.25, 0.3) is 0 Å². The summed E-state index contributed by atoms with van der Waals surface area (Å²) in [5, 5.41) is 2.77. The van der Waals surface area contributed by atoms with Gasteiger partial charge in [0.1, 0.15) is 17.7 Å². The molecule has 0 aliphatic rings. The summed E-state index contributed by atoms with van der Waals surface area (Å²) in [4.78, 5) is 11.5. The number of nitrogens with one attached hydrogen (secondary N) is 1. The van der Waals surface area contributed by atoms with Crippen LogP contribution < -0.4 is 11.1 Å². The number of hydrogen-bond donors (Lipinski definition) is 2. The average Bonchev–Trinajstić information content (AvgIpc) is 2.36. The van der Waals surface area contributed by atoms with Crippen molar-refractivity contribution in [3.05, 3.63) is 64.7 Å². The van der Waals surface area contributed by atoms with E-state index in [2.05, 4.69) is 5.32 Å². The van der Waals surface area contributed by atoms with E-state index in [-0.39, 0.29) is 16.3 Å². The second-order valence-electron chi connectivity index (χ2n) is 4.16. The predicted octanol–water partition coefficient (Wildman–Crippen LogP) is 3.26. The van der Waals surface area contributed by atoms with Gasteiger partial charge in [-0.05, 0) is 35.9 Å². The molecular formula is C14H11ClF2N2O. The maximum absolute atomic E-state index is 13.6. The molecule has 0 heterocycles. The molecular weight excluding hydrogens is 286 g/mol. The number of rotatable bonds is 4. The van der Waals surface area contributed by atoms with Crippen molar-refractivity contribution in [1.29, 1.82) is 0 Å². The third kappa shape index (κ3) is 3.24. The zero-order valence-electron chi connectivity index (χ0n) is 10.2. The van der Waals surface area contributed by atoms with Crippen LogP contribution >= 0.6 is 11.6 Å². The second kappa shape index (κ2) is 5.88. The predicted molar refractivity (Wildman–Crippen MR) is 73.4 cm³/mol. The molecule has 3 N–H and O–H groups in total. The summed E-state index contributed by atoms with van der Waals surface area (Å²) in [7, 11) is 0. The van der Waals surface area contributed by atoms with Crippen LogP contribution in [-0.2, 0) is 4.79 Å². The SMILES string of the molecule is NC(=O)C(Nc1ccccc1F)c1cc(F)cc(Cl)c1. The lowest BCUT2D eigenvalue weighted by Crippen LogP contribution is -2.28. The smallest absolute Gasteiger partial charge is 0.244 e. The highest BCUT2D eigenvalue weighted by atomic mass is 35.5. The van der Waals surface area contributed by atoms with Gasteiger partial charge in [-0.25, -0.2) is 8.78 Å². The largest absolute Gasteiger partial charge is 0.368 e. The van der Waals surface area contributed by atoms with Gasteiger partial charge in [-0.3, -0.25) is 4.79 Å².